The quantitative estimate of drug-likeness (QED) is 0.128. The summed E-state index contributed by atoms with van der Waals surface area (Å²) in [5.74, 6) is 0. The van der Waals surface area contributed by atoms with Gasteiger partial charge in [-0.1, -0.05) is 243 Å². The SMILES string of the molecule is CC1(C)OB(c2ccc3c(c2)c2ccccc2n3-c2ccccc2)OC1(C)C.CC1(C)OB(c2ccc3c4c5ccccc5ccc4n(-c4ccccc4)c3c2)OC1(C)C.CC1(C)OB(c2ccc3c4ccccc4n(-c4cccc(-c5ccccc5)c4)c3c2)OC1(C)C.CC1(C)OB(c2ccc3oc4ccccc4c3c2)OC1(C)C.CC1(C)OB(c2ccc3sc4ccccc4c3c2)OC1(C)C. The van der Waals surface area contributed by atoms with Crippen molar-refractivity contribution in [2.75, 3.05) is 0 Å². The zero-order valence-corrected chi connectivity index (χ0v) is 83.3. The predicted molar refractivity (Wildman–Crippen MR) is 577 cm³/mol. The largest absolute Gasteiger partial charge is 0.494 e. The van der Waals surface area contributed by atoms with Gasteiger partial charge in [-0.05, 0) is 290 Å². The van der Waals surface area contributed by atoms with Gasteiger partial charge in [0.05, 0.1) is 89.1 Å². The number of fused-ring (bicyclic) bond motifs is 17. The number of hydrogen-bond donors (Lipinski definition) is 0. The molecule has 5 aliphatic rings. The molecule has 0 amide bonds. The number of hydrogen-bond acceptors (Lipinski definition) is 12. The lowest BCUT2D eigenvalue weighted by Crippen LogP contribution is -2.41. The van der Waals surface area contributed by atoms with Crippen molar-refractivity contribution in [3.05, 3.63) is 340 Å². The minimum absolute atomic E-state index is 0.298. The normalized spacial score (nSPS) is 18.4. The van der Waals surface area contributed by atoms with E-state index in [-0.39, 0.29) is 84.5 Å². The first-order valence-corrected chi connectivity index (χ1v) is 49.0. The van der Waals surface area contributed by atoms with Gasteiger partial charge >= 0.3 is 35.6 Å². The Kier molecular flexibility index (Phi) is 23.0. The van der Waals surface area contributed by atoms with Crippen LogP contribution in [0.5, 0.6) is 0 Å². The Balaban J connectivity index is 0.000000104. The fourth-order valence-corrected chi connectivity index (χ4v) is 20.4. The van der Waals surface area contributed by atoms with Crippen LogP contribution in [0.3, 0.4) is 0 Å². The lowest BCUT2D eigenvalue weighted by molar-refractivity contribution is 0.00578. The van der Waals surface area contributed by atoms with Crippen LogP contribution in [-0.2, 0) is 46.5 Å². The minimum atomic E-state index is -0.392. The van der Waals surface area contributed by atoms with Crippen LogP contribution in [0.4, 0.5) is 0 Å². The maximum absolute atomic E-state index is 6.36. The number of nitrogens with zero attached hydrogens (tertiary/aromatic N) is 3. The first kappa shape index (κ1) is 92.3. The van der Waals surface area contributed by atoms with Crippen molar-refractivity contribution in [3.8, 4) is 28.2 Å². The van der Waals surface area contributed by atoms with Gasteiger partial charge in [0.25, 0.3) is 0 Å². The summed E-state index contributed by atoms with van der Waals surface area (Å²) >= 11 is 1.83. The molecule has 5 fully saturated rings. The third-order valence-electron chi connectivity index (χ3n) is 30.7. The highest BCUT2D eigenvalue weighted by Gasteiger charge is 2.56. The molecular formula is C118H116B5N3O11S. The molecule has 5 saturated heterocycles. The molecule has 5 aromatic heterocycles. The number of aromatic nitrogens is 3. The summed E-state index contributed by atoms with van der Waals surface area (Å²) in [6.07, 6.45) is 0. The predicted octanol–water partition coefficient (Wildman–Crippen LogP) is 26.3. The molecule has 0 saturated carbocycles. The Hall–Kier alpha value is -12.1. The highest BCUT2D eigenvalue weighted by atomic mass is 32.1. The molecule has 0 aliphatic carbocycles. The van der Waals surface area contributed by atoms with E-state index >= 15 is 0 Å². The number of furan rings is 1. The molecule has 0 spiro atoms. The fourth-order valence-electron chi connectivity index (χ4n) is 19.3. The van der Waals surface area contributed by atoms with E-state index < -0.39 is 7.12 Å². The molecule has 138 heavy (non-hydrogen) atoms. The number of rotatable bonds is 9. The Labute approximate surface area is 814 Å². The summed E-state index contributed by atoms with van der Waals surface area (Å²) in [6, 6.07) is 120. The first-order chi connectivity index (χ1) is 65.8. The van der Waals surface area contributed by atoms with Crippen molar-refractivity contribution in [3.63, 3.8) is 0 Å². The Morgan fingerprint density at radius 3 is 1.04 bits per heavy atom. The van der Waals surface area contributed by atoms with Crippen molar-refractivity contribution >= 4 is 193 Å². The number of thiophene rings is 1. The van der Waals surface area contributed by atoms with Gasteiger partial charge in [0.15, 0.2) is 0 Å². The average Bonchev–Trinajstić information content (AvgIpc) is 1.56. The topological polar surface area (TPSA) is 120 Å². The molecule has 20 heteroatoms. The molecule has 25 rings (SSSR count). The van der Waals surface area contributed by atoms with Crippen molar-refractivity contribution < 1.29 is 51.0 Å². The highest BCUT2D eigenvalue weighted by Crippen LogP contribution is 2.46. The Bertz CT molecular complexity index is 7850. The zero-order valence-electron chi connectivity index (χ0n) is 82.5. The minimum Gasteiger partial charge on any atom is -0.456 e. The lowest BCUT2D eigenvalue weighted by Gasteiger charge is -2.32. The maximum atomic E-state index is 6.36. The smallest absolute Gasteiger partial charge is 0.456 e. The molecule has 0 unspecified atom stereocenters. The van der Waals surface area contributed by atoms with Gasteiger partial charge in [-0.3, -0.25) is 0 Å². The van der Waals surface area contributed by atoms with Crippen molar-refractivity contribution in [1.82, 2.24) is 13.7 Å². The summed E-state index contributed by atoms with van der Waals surface area (Å²) in [5.41, 5.74) is 16.6. The van der Waals surface area contributed by atoms with Gasteiger partial charge in [-0.25, -0.2) is 0 Å². The molecule has 0 radical (unpaired) electrons. The van der Waals surface area contributed by atoms with E-state index in [1.165, 1.54) is 96.5 Å². The van der Waals surface area contributed by atoms with Crippen LogP contribution in [0.15, 0.2) is 344 Å². The van der Waals surface area contributed by atoms with Crippen molar-refractivity contribution in [1.29, 1.82) is 0 Å². The van der Waals surface area contributed by atoms with E-state index in [9.17, 15) is 0 Å². The van der Waals surface area contributed by atoms with Crippen LogP contribution < -0.4 is 27.3 Å². The van der Waals surface area contributed by atoms with E-state index in [0.717, 1.165) is 77.3 Å². The van der Waals surface area contributed by atoms with E-state index in [1.54, 1.807) is 0 Å². The monoisotopic (exact) mass is 1840 g/mol. The van der Waals surface area contributed by atoms with E-state index in [2.05, 4.69) is 455 Å². The number of benzene rings is 15. The summed E-state index contributed by atoms with van der Waals surface area (Å²) in [5, 5.41) is 14.8. The van der Waals surface area contributed by atoms with E-state index in [4.69, 9.17) is 51.0 Å². The van der Waals surface area contributed by atoms with Crippen molar-refractivity contribution in [2.24, 2.45) is 0 Å². The van der Waals surface area contributed by atoms with Crippen LogP contribution in [0, 0.1) is 0 Å². The summed E-state index contributed by atoms with van der Waals surface area (Å²) in [6.45, 7) is 41.8. The van der Waals surface area contributed by atoms with Crippen LogP contribution in [0.2, 0.25) is 0 Å². The third-order valence-corrected chi connectivity index (χ3v) is 31.9. The standard InChI is InChI=1S/C30H28BNO2.C28H26BNO2.C24H24BNO2.C18H19BO3.C18H19BO2S/c1-29(2)30(3,4)34-31(33-29)23-17-18-26-25-15-8-9-16-27(25)32(28(26)20-23)24-14-10-13-22(19-24)21-11-6-5-7-12-21;1-27(2)28(3,4)32-29(31-27)20-15-16-23-25(18-20)30(21-11-6-5-7-12-21)24-17-14-19-10-8-9-13-22(19)26(23)24;1-23(2)24(3,4)28-25(27-23)17-14-15-22-20(16-17)19-12-8-9-13-21(19)26(22)18-10-6-5-7-11-18;1-17(2)18(3,4)22-19(21-17)12-9-10-16-14(11-12)13-7-5-6-8-15(13)20-16;1-17(2)18(3,4)21-19(20-17)12-9-10-16-14(11-12)13-7-5-6-8-15(13)22-16/h5-20H,1-4H3;5-18H,1-4H3;5-16H,1-4H3;2*5-11H,1-4H3. The number of para-hydroxylation sites is 5. The van der Waals surface area contributed by atoms with Gasteiger partial charge in [0.2, 0.25) is 0 Å². The van der Waals surface area contributed by atoms with Crippen LogP contribution in [0.1, 0.15) is 138 Å². The molecule has 5 aliphatic heterocycles. The van der Waals surface area contributed by atoms with Crippen LogP contribution >= 0.6 is 11.3 Å². The highest BCUT2D eigenvalue weighted by molar-refractivity contribution is 7.25. The maximum Gasteiger partial charge on any atom is 0.494 e. The second kappa shape index (κ2) is 34.5. The van der Waals surface area contributed by atoms with Gasteiger partial charge < -0.3 is 64.7 Å². The first-order valence-electron chi connectivity index (χ1n) is 48.2. The van der Waals surface area contributed by atoms with Crippen molar-refractivity contribution in [2.45, 2.75) is 194 Å². The summed E-state index contributed by atoms with van der Waals surface area (Å²) in [4.78, 5) is 0. The molecule has 0 bridgehead atoms. The Morgan fingerprint density at radius 1 is 0.196 bits per heavy atom. The van der Waals surface area contributed by atoms with Crippen LogP contribution in [0.25, 0.3) is 146 Å². The zero-order chi connectivity index (χ0) is 96.2. The Morgan fingerprint density at radius 2 is 0.522 bits per heavy atom. The van der Waals surface area contributed by atoms with E-state index in [1.807, 2.05) is 47.7 Å². The average molecular weight is 1840 g/mol. The molecule has 14 nitrogen and oxygen atoms in total. The molecule has 10 heterocycles. The molecule has 0 N–H and O–H groups in total. The third kappa shape index (κ3) is 16.4. The molecular weight excluding hydrogens is 1720 g/mol. The van der Waals surface area contributed by atoms with Gasteiger partial charge in [-0.2, -0.15) is 0 Å². The second-order valence-electron chi connectivity index (χ2n) is 42.3. The molecule has 690 valence electrons. The fraction of sp³-hybridized carbons (Fsp3) is 0.254. The summed E-state index contributed by atoms with van der Waals surface area (Å²) in [7, 11) is -1.77. The van der Waals surface area contributed by atoms with Gasteiger partial charge in [0.1, 0.15) is 11.2 Å². The molecule has 20 aromatic rings. The van der Waals surface area contributed by atoms with Crippen LogP contribution in [-0.4, -0.2) is 105 Å². The molecule has 0 atom stereocenters. The van der Waals surface area contributed by atoms with Gasteiger partial charge in [-0.15, -0.1) is 11.3 Å². The second-order valence-corrected chi connectivity index (χ2v) is 43.4. The van der Waals surface area contributed by atoms with E-state index in [0.29, 0.717) is 0 Å². The van der Waals surface area contributed by atoms with Gasteiger partial charge in [0, 0.05) is 74.9 Å². The lowest BCUT2D eigenvalue weighted by atomic mass is 9.78. The molecule has 15 aromatic carbocycles. The summed E-state index contributed by atoms with van der Waals surface area (Å²) < 4.78 is 78.1.